The lowest BCUT2D eigenvalue weighted by atomic mass is 9.44. The first kappa shape index (κ1) is 22.2. The largest absolute Gasteiger partial charge is 0.333 e. The second kappa shape index (κ2) is 7.03. The summed E-state index contributed by atoms with van der Waals surface area (Å²) in [6.45, 7) is 4.89. The van der Waals surface area contributed by atoms with Crippen LogP contribution < -0.4 is 10.6 Å². The number of carbonyl (C=O) groups is 2. The van der Waals surface area contributed by atoms with Crippen molar-refractivity contribution in [2.24, 2.45) is 45.3 Å². The van der Waals surface area contributed by atoms with Crippen molar-refractivity contribution < 1.29 is 9.59 Å². The van der Waals surface area contributed by atoms with Gasteiger partial charge in [0.1, 0.15) is 5.66 Å². The second-order valence-electron chi connectivity index (χ2n) is 15.7. The first-order valence-electron chi connectivity index (χ1n) is 14.8. The maximum atomic E-state index is 14.1. The molecule has 9 aliphatic rings. The van der Waals surface area contributed by atoms with E-state index < -0.39 is 5.66 Å². The molecule has 188 valence electrons. The molecule has 34 heavy (non-hydrogen) atoms. The highest BCUT2D eigenvalue weighted by Crippen LogP contribution is 2.66. The summed E-state index contributed by atoms with van der Waals surface area (Å²) in [5, 5.41) is 7.22. The van der Waals surface area contributed by atoms with Crippen molar-refractivity contribution in [1.82, 2.24) is 10.6 Å². The summed E-state index contributed by atoms with van der Waals surface area (Å²) in [4.78, 5) is 28.3. The van der Waals surface area contributed by atoms with Crippen molar-refractivity contribution in [3.63, 3.8) is 0 Å². The molecule has 0 heterocycles. The monoisotopic (exact) mass is 466 g/mol. The molecule has 0 aromatic rings. The van der Waals surface area contributed by atoms with E-state index in [1.54, 1.807) is 0 Å². The highest BCUT2D eigenvalue weighted by atomic mass is 16.2. The lowest BCUT2D eigenvalue weighted by molar-refractivity contribution is -0.163. The lowest BCUT2D eigenvalue weighted by Crippen LogP contribution is -2.68. The Balaban J connectivity index is 1.13. The van der Waals surface area contributed by atoms with Crippen molar-refractivity contribution in [2.45, 2.75) is 129 Å². The molecule has 0 saturated heterocycles. The summed E-state index contributed by atoms with van der Waals surface area (Å²) in [5.41, 5.74) is -0.149. The van der Waals surface area contributed by atoms with Crippen LogP contribution in [0.5, 0.6) is 0 Å². The maximum absolute atomic E-state index is 14.1. The van der Waals surface area contributed by atoms with Crippen LogP contribution in [-0.2, 0) is 9.59 Å². The standard InChI is InChI=1S/C30H46N2O2/c1-26-10-20-8-21(11-26)15-28(14-20,18-26)24(33)31-30(6-4-3-5-7-30)32-25(34)29-16-22-9-23(17-29)13-27(2,12-22)19-29/h20-23H,3-19H2,1-2H3,(H,31,33)(H,32,34). The fourth-order valence-corrected chi connectivity index (χ4v) is 12.1. The van der Waals surface area contributed by atoms with Gasteiger partial charge in [-0.2, -0.15) is 0 Å². The minimum absolute atomic E-state index is 0.178. The average Bonchev–Trinajstić information content (AvgIpc) is 2.70. The molecule has 0 aliphatic heterocycles. The van der Waals surface area contributed by atoms with Crippen LogP contribution in [0.15, 0.2) is 0 Å². The van der Waals surface area contributed by atoms with E-state index >= 15 is 0 Å². The predicted octanol–water partition coefficient (Wildman–Crippen LogP) is 6.09. The summed E-state index contributed by atoms with van der Waals surface area (Å²) >= 11 is 0. The van der Waals surface area contributed by atoms with Gasteiger partial charge in [0.2, 0.25) is 11.8 Å². The number of hydrogen-bond acceptors (Lipinski definition) is 2. The SMILES string of the molecule is CC12CC3CC(C1)CC(C(=O)NC1(NC(=O)C45CC6CC(CC(C)(C6)C4)C5)CCCCC1)(C3)C2. The van der Waals surface area contributed by atoms with E-state index in [1.165, 1.54) is 44.9 Å². The normalized spacial score (nSPS) is 51.9. The first-order chi connectivity index (χ1) is 16.1. The molecule has 0 spiro atoms. The zero-order valence-electron chi connectivity index (χ0n) is 21.6. The molecule has 9 saturated carbocycles. The lowest BCUT2D eigenvalue weighted by Gasteiger charge is -2.61. The molecule has 9 fully saturated rings. The molecule has 4 heteroatoms. The van der Waals surface area contributed by atoms with Crippen LogP contribution >= 0.6 is 0 Å². The van der Waals surface area contributed by atoms with Crippen LogP contribution in [0.25, 0.3) is 0 Å². The first-order valence-corrected chi connectivity index (χ1v) is 14.8. The van der Waals surface area contributed by atoms with Gasteiger partial charge >= 0.3 is 0 Å². The smallest absolute Gasteiger partial charge is 0.228 e. The molecule has 9 aliphatic carbocycles. The van der Waals surface area contributed by atoms with Crippen molar-refractivity contribution in [3.8, 4) is 0 Å². The van der Waals surface area contributed by atoms with Crippen molar-refractivity contribution in [1.29, 1.82) is 0 Å². The van der Waals surface area contributed by atoms with E-state index in [4.69, 9.17) is 0 Å². The minimum Gasteiger partial charge on any atom is -0.333 e. The fourth-order valence-electron chi connectivity index (χ4n) is 12.1. The van der Waals surface area contributed by atoms with Gasteiger partial charge in [-0.1, -0.05) is 20.3 Å². The van der Waals surface area contributed by atoms with Gasteiger partial charge in [0.15, 0.2) is 0 Å². The quantitative estimate of drug-likeness (QED) is 0.492. The summed E-state index contributed by atoms with van der Waals surface area (Å²) in [6.07, 6.45) is 19.7. The van der Waals surface area contributed by atoms with E-state index in [0.29, 0.717) is 10.8 Å². The Morgan fingerprint density at radius 1 is 0.588 bits per heavy atom. The maximum Gasteiger partial charge on any atom is 0.228 e. The zero-order chi connectivity index (χ0) is 23.4. The third-order valence-corrected chi connectivity index (χ3v) is 12.1. The molecular formula is C30H46N2O2. The molecule has 4 unspecified atom stereocenters. The van der Waals surface area contributed by atoms with E-state index in [-0.39, 0.29) is 22.6 Å². The summed E-state index contributed by atoms with van der Waals surface area (Å²) in [7, 11) is 0. The average molecular weight is 467 g/mol. The Labute approximate surface area is 206 Å². The molecule has 4 nitrogen and oxygen atoms in total. The molecule has 0 radical (unpaired) electrons. The summed E-state index contributed by atoms with van der Waals surface area (Å²) < 4.78 is 0. The zero-order valence-corrected chi connectivity index (χ0v) is 21.6. The number of amides is 2. The van der Waals surface area contributed by atoms with Gasteiger partial charge < -0.3 is 10.6 Å². The molecule has 2 N–H and O–H groups in total. The molecule has 0 aromatic carbocycles. The Morgan fingerprint density at radius 3 is 1.32 bits per heavy atom. The van der Waals surface area contributed by atoms with E-state index in [2.05, 4.69) is 24.5 Å². The van der Waals surface area contributed by atoms with Gasteiger partial charge in [0.25, 0.3) is 0 Å². The molecular weight excluding hydrogens is 420 g/mol. The van der Waals surface area contributed by atoms with Crippen LogP contribution in [0.1, 0.15) is 123 Å². The molecule has 2 amide bonds. The van der Waals surface area contributed by atoms with Crippen molar-refractivity contribution in [2.75, 3.05) is 0 Å². The highest BCUT2D eigenvalue weighted by molar-refractivity contribution is 5.87. The Morgan fingerprint density at radius 2 is 0.971 bits per heavy atom. The highest BCUT2D eigenvalue weighted by Gasteiger charge is 2.61. The minimum atomic E-state index is -0.513. The van der Waals surface area contributed by atoms with Gasteiger partial charge in [0.05, 0.1) is 10.8 Å². The van der Waals surface area contributed by atoms with Gasteiger partial charge in [-0.3, -0.25) is 9.59 Å². The van der Waals surface area contributed by atoms with Crippen LogP contribution in [-0.4, -0.2) is 17.5 Å². The van der Waals surface area contributed by atoms with Gasteiger partial charge in [-0.25, -0.2) is 0 Å². The molecule has 4 atom stereocenters. The Hall–Kier alpha value is -1.06. The van der Waals surface area contributed by atoms with Crippen LogP contribution in [0.2, 0.25) is 0 Å². The Kier molecular flexibility index (Phi) is 4.58. The number of hydrogen-bond donors (Lipinski definition) is 2. The van der Waals surface area contributed by atoms with E-state index in [0.717, 1.165) is 87.9 Å². The van der Waals surface area contributed by atoms with E-state index in [9.17, 15) is 9.59 Å². The summed E-state index contributed by atoms with van der Waals surface area (Å²) in [6, 6.07) is 0. The van der Waals surface area contributed by atoms with Crippen LogP contribution in [0, 0.1) is 45.3 Å². The van der Waals surface area contributed by atoms with Crippen LogP contribution in [0.3, 0.4) is 0 Å². The molecule has 0 aromatic heterocycles. The molecule has 9 rings (SSSR count). The van der Waals surface area contributed by atoms with Crippen molar-refractivity contribution >= 4 is 11.8 Å². The van der Waals surface area contributed by atoms with Gasteiger partial charge in [-0.05, 0) is 137 Å². The summed E-state index contributed by atoms with van der Waals surface area (Å²) in [5.74, 6) is 3.52. The number of carbonyl (C=O) groups excluding carboxylic acids is 2. The van der Waals surface area contributed by atoms with Crippen LogP contribution in [0.4, 0.5) is 0 Å². The van der Waals surface area contributed by atoms with Gasteiger partial charge in [-0.15, -0.1) is 0 Å². The predicted molar refractivity (Wildman–Crippen MR) is 133 cm³/mol. The Bertz CT molecular complexity index is 807. The number of nitrogens with one attached hydrogen (secondary N) is 2. The fraction of sp³-hybridized carbons (Fsp3) is 0.933. The molecule has 8 bridgehead atoms. The third-order valence-electron chi connectivity index (χ3n) is 12.1. The topological polar surface area (TPSA) is 58.2 Å². The van der Waals surface area contributed by atoms with E-state index in [1.807, 2.05) is 0 Å². The van der Waals surface area contributed by atoms with Crippen molar-refractivity contribution in [3.05, 3.63) is 0 Å². The number of rotatable bonds is 4. The van der Waals surface area contributed by atoms with Gasteiger partial charge in [0, 0.05) is 0 Å². The third kappa shape index (κ3) is 3.35. The second-order valence-corrected chi connectivity index (χ2v) is 15.7.